The van der Waals surface area contributed by atoms with Gasteiger partial charge in [0.15, 0.2) is 0 Å². The molecule has 0 N–H and O–H groups in total. The van der Waals surface area contributed by atoms with Gasteiger partial charge in [-0.3, -0.25) is 4.79 Å². The Bertz CT molecular complexity index is 365. The van der Waals surface area contributed by atoms with Gasteiger partial charge in [0, 0.05) is 18.5 Å². The summed E-state index contributed by atoms with van der Waals surface area (Å²) in [6.07, 6.45) is 1.99. The number of carbonyl (C=O) groups is 1. The third-order valence-corrected chi connectivity index (χ3v) is 3.76. The third-order valence-electron chi connectivity index (χ3n) is 3.32. The summed E-state index contributed by atoms with van der Waals surface area (Å²) < 4.78 is 2.00. The van der Waals surface area contributed by atoms with Crippen molar-refractivity contribution in [2.75, 3.05) is 6.54 Å². The highest BCUT2D eigenvalue weighted by atomic mass is 32.1. The van der Waals surface area contributed by atoms with Crippen molar-refractivity contribution in [3.63, 3.8) is 0 Å². The second kappa shape index (κ2) is 5.02. The van der Waals surface area contributed by atoms with Gasteiger partial charge in [-0.15, -0.1) is 0 Å². The zero-order chi connectivity index (χ0) is 11.5. The first-order valence-corrected chi connectivity index (χ1v) is 6.09. The maximum Gasteiger partial charge on any atom is 0.134 e. The molecule has 1 saturated heterocycles. The lowest BCUT2D eigenvalue weighted by molar-refractivity contribution is -0.122. The van der Waals surface area contributed by atoms with E-state index in [4.69, 9.17) is 0 Å². The number of thiol groups is 1. The van der Waals surface area contributed by atoms with Crippen LogP contribution in [0.5, 0.6) is 0 Å². The van der Waals surface area contributed by atoms with Crippen LogP contribution >= 0.6 is 12.8 Å². The molecular weight excluding hydrogens is 218 g/mol. The summed E-state index contributed by atoms with van der Waals surface area (Å²) in [6, 6.07) is 10.7. The molecule has 0 saturated carbocycles. The van der Waals surface area contributed by atoms with Crippen LogP contribution in [0.2, 0.25) is 0 Å². The molecule has 1 aliphatic heterocycles. The number of nitrogens with zero attached hydrogens (tertiary/aromatic N) is 1. The first-order chi connectivity index (χ1) is 7.68. The summed E-state index contributed by atoms with van der Waals surface area (Å²) in [5.74, 6) is 0.447. The molecule has 0 amide bonds. The zero-order valence-corrected chi connectivity index (χ0v) is 10.4. The van der Waals surface area contributed by atoms with Crippen LogP contribution in [-0.4, -0.2) is 16.6 Å². The van der Waals surface area contributed by atoms with Crippen LogP contribution in [0.4, 0.5) is 0 Å². The second-order valence-corrected chi connectivity index (χ2v) is 4.95. The fraction of sp³-hybridized carbons (Fsp3) is 0.462. The number of hydrogen-bond donors (Lipinski definition) is 1. The van der Waals surface area contributed by atoms with E-state index in [1.165, 1.54) is 5.56 Å². The first-order valence-electron chi connectivity index (χ1n) is 5.69. The maximum absolute atomic E-state index is 11.3. The van der Waals surface area contributed by atoms with Crippen molar-refractivity contribution in [1.29, 1.82) is 0 Å². The quantitative estimate of drug-likeness (QED) is 0.795. The van der Waals surface area contributed by atoms with Gasteiger partial charge in [-0.05, 0) is 25.3 Å². The molecule has 0 aliphatic carbocycles. The maximum atomic E-state index is 11.3. The largest absolute Gasteiger partial charge is 0.300 e. The summed E-state index contributed by atoms with van der Waals surface area (Å²) in [5, 5.41) is 0. The highest BCUT2D eigenvalue weighted by Crippen LogP contribution is 2.34. The van der Waals surface area contributed by atoms with Crippen LogP contribution in [0.15, 0.2) is 30.3 Å². The van der Waals surface area contributed by atoms with Crippen molar-refractivity contribution in [1.82, 2.24) is 4.31 Å². The van der Waals surface area contributed by atoms with Crippen LogP contribution in [-0.2, 0) is 4.79 Å². The van der Waals surface area contributed by atoms with E-state index in [-0.39, 0.29) is 11.7 Å². The predicted octanol–water partition coefficient (Wildman–Crippen LogP) is 2.87. The first kappa shape index (κ1) is 11.7. The van der Waals surface area contributed by atoms with E-state index in [0.717, 1.165) is 19.4 Å². The lowest BCUT2D eigenvalue weighted by atomic mass is 9.89. The van der Waals surface area contributed by atoms with Crippen LogP contribution in [0.1, 0.15) is 31.4 Å². The molecule has 1 fully saturated rings. The predicted molar refractivity (Wildman–Crippen MR) is 68.3 cm³/mol. The van der Waals surface area contributed by atoms with Crippen LogP contribution in [0, 0.1) is 5.92 Å². The molecule has 1 aromatic carbocycles. The van der Waals surface area contributed by atoms with Crippen LogP contribution in [0.3, 0.4) is 0 Å². The van der Waals surface area contributed by atoms with Gasteiger partial charge >= 0.3 is 0 Å². The molecule has 0 aromatic heterocycles. The van der Waals surface area contributed by atoms with E-state index >= 15 is 0 Å². The Balaban J connectivity index is 2.08. The minimum Gasteiger partial charge on any atom is -0.300 e. The van der Waals surface area contributed by atoms with Gasteiger partial charge in [-0.2, -0.15) is 0 Å². The minimum atomic E-state index is 0.164. The molecule has 1 aliphatic rings. The summed E-state index contributed by atoms with van der Waals surface area (Å²) in [5.41, 5.74) is 1.29. The number of Topliss-reactive ketones (excluding diaryl/α,β-unsaturated/α-hetero) is 1. The third kappa shape index (κ3) is 2.47. The number of ketones is 1. The van der Waals surface area contributed by atoms with Gasteiger partial charge in [0.2, 0.25) is 0 Å². The molecule has 0 spiro atoms. The lowest BCUT2D eigenvalue weighted by Gasteiger charge is -2.35. The van der Waals surface area contributed by atoms with Gasteiger partial charge in [-0.25, -0.2) is 4.31 Å². The Morgan fingerprint density at radius 2 is 2.00 bits per heavy atom. The molecule has 0 unspecified atom stereocenters. The van der Waals surface area contributed by atoms with Gasteiger partial charge in [0.05, 0.1) is 0 Å². The summed E-state index contributed by atoms with van der Waals surface area (Å²) in [6.45, 7) is 2.44. The van der Waals surface area contributed by atoms with E-state index in [1.807, 2.05) is 22.5 Å². The van der Waals surface area contributed by atoms with Crippen molar-refractivity contribution in [3.8, 4) is 0 Å². The molecule has 3 heteroatoms. The fourth-order valence-corrected chi connectivity index (χ4v) is 2.74. The molecule has 1 aromatic rings. The Morgan fingerprint density at radius 3 is 2.56 bits per heavy atom. The highest BCUT2D eigenvalue weighted by Gasteiger charge is 2.29. The number of carbonyl (C=O) groups excluding carboxylic acids is 1. The van der Waals surface area contributed by atoms with E-state index in [2.05, 4.69) is 24.9 Å². The summed E-state index contributed by atoms with van der Waals surface area (Å²) in [4.78, 5) is 11.3. The summed E-state index contributed by atoms with van der Waals surface area (Å²) in [7, 11) is 0. The van der Waals surface area contributed by atoms with E-state index in [9.17, 15) is 4.79 Å². The smallest absolute Gasteiger partial charge is 0.134 e. The Labute approximate surface area is 102 Å². The SMILES string of the molecule is CC(=O)[C@@H]1CC[C@@H](c2ccccc2)N(S)C1. The zero-order valence-electron chi connectivity index (χ0n) is 9.47. The lowest BCUT2D eigenvalue weighted by Crippen LogP contribution is -2.34. The fourth-order valence-electron chi connectivity index (χ4n) is 2.30. The van der Waals surface area contributed by atoms with Crippen molar-refractivity contribution in [3.05, 3.63) is 35.9 Å². The van der Waals surface area contributed by atoms with E-state index < -0.39 is 0 Å². The second-order valence-electron chi connectivity index (χ2n) is 4.43. The van der Waals surface area contributed by atoms with E-state index in [0.29, 0.717) is 6.04 Å². The van der Waals surface area contributed by atoms with Crippen molar-refractivity contribution in [2.45, 2.75) is 25.8 Å². The van der Waals surface area contributed by atoms with Gasteiger partial charge in [0.1, 0.15) is 5.78 Å². The van der Waals surface area contributed by atoms with E-state index in [1.54, 1.807) is 6.92 Å². The Hall–Kier alpha value is -0.800. The molecule has 86 valence electrons. The number of piperidine rings is 1. The van der Waals surface area contributed by atoms with Crippen molar-refractivity contribution in [2.24, 2.45) is 5.92 Å². The van der Waals surface area contributed by atoms with Crippen LogP contribution < -0.4 is 0 Å². The molecule has 0 radical (unpaired) electrons. The molecule has 2 rings (SSSR count). The highest BCUT2D eigenvalue weighted by molar-refractivity contribution is 7.77. The molecule has 16 heavy (non-hydrogen) atoms. The normalized spacial score (nSPS) is 26.6. The number of rotatable bonds is 2. The Morgan fingerprint density at radius 1 is 1.31 bits per heavy atom. The molecule has 0 bridgehead atoms. The van der Waals surface area contributed by atoms with Crippen LogP contribution in [0.25, 0.3) is 0 Å². The standard InChI is InChI=1S/C13H17NOS/c1-10(15)12-7-8-13(14(16)9-12)11-5-3-2-4-6-11/h2-6,12-13,16H,7-9H2,1H3/t12-,13+/m1/s1. The van der Waals surface area contributed by atoms with Gasteiger partial charge < -0.3 is 0 Å². The molecular formula is C13H17NOS. The van der Waals surface area contributed by atoms with Gasteiger partial charge in [0.25, 0.3) is 0 Å². The molecule has 1 heterocycles. The monoisotopic (exact) mass is 235 g/mol. The molecule has 2 atom stereocenters. The Kier molecular flexibility index (Phi) is 3.66. The van der Waals surface area contributed by atoms with Gasteiger partial charge in [-0.1, -0.05) is 43.1 Å². The topological polar surface area (TPSA) is 20.3 Å². The average molecular weight is 235 g/mol. The molecule has 2 nitrogen and oxygen atoms in total. The number of hydrogen-bond acceptors (Lipinski definition) is 3. The van der Waals surface area contributed by atoms with Crippen molar-refractivity contribution < 1.29 is 4.79 Å². The average Bonchev–Trinajstić information content (AvgIpc) is 2.30. The minimum absolute atomic E-state index is 0.164. The number of benzene rings is 1. The van der Waals surface area contributed by atoms with Crippen molar-refractivity contribution >= 4 is 18.6 Å². The summed E-state index contributed by atoms with van der Waals surface area (Å²) >= 11 is 4.50.